The first kappa shape index (κ1) is 15.1. The highest BCUT2D eigenvalue weighted by atomic mass is 35.5. The molecule has 0 bridgehead atoms. The fourth-order valence-electron chi connectivity index (χ4n) is 3.12. The molecule has 114 valence electrons. The van der Waals surface area contributed by atoms with E-state index >= 15 is 0 Å². The lowest BCUT2D eigenvalue weighted by Gasteiger charge is -2.05. The second kappa shape index (κ2) is 5.56. The van der Waals surface area contributed by atoms with E-state index < -0.39 is 7.53 Å². The van der Waals surface area contributed by atoms with Crippen molar-refractivity contribution in [2.24, 2.45) is 0 Å². The monoisotopic (exact) mass is 356 g/mol. The fourth-order valence-corrected chi connectivity index (χ4v) is 6.23. The standard InChI is InChI=1S/C20H15Cl2P/c1-12-8-19-15(10-17(12)21)16-11-18(22)13(2)9-20(16)23(19)14-6-4-3-5-7-14/h3-11H,1-2H3. The molecule has 0 fully saturated rings. The quantitative estimate of drug-likeness (QED) is 0.325. The third kappa shape index (κ3) is 2.37. The Morgan fingerprint density at radius 3 is 1.65 bits per heavy atom. The molecule has 0 N–H and O–H groups in total. The van der Waals surface area contributed by atoms with Crippen molar-refractivity contribution in [3.63, 3.8) is 0 Å². The van der Waals surface area contributed by atoms with Crippen molar-refractivity contribution in [1.29, 1.82) is 0 Å². The zero-order chi connectivity index (χ0) is 16.1. The van der Waals surface area contributed by atoms with Crippen molar-refractivity contribution in [1.82, 2.24) is 0 Å². The van der Waals surface area contributed by atoms with Gasteiger partial charge >= 0.3 is 0 Å². The van der Waals surface area contributed by atoms with Crippen LogP contribution >= 0.6 is 30.7 Å². The number of benzene rings is 3. The molecular weight excluding hydrogens is 342 g/mol. The van der Waals surface area contributed by atoms with Gasteiger partial charge in [0, 0.05) is 20.3 Å². The van der Waals surface area contributed by atoms with Crippen molar-refractivity contribution in [2.75, 3.05) is 0 Å². The molecule has 0 saturated heterocycles. The molecule has 0 aliphatic carbocycles. The Labute approximate surface area is 146 Å². The van der Waals surface area contributed by atoms with Gasteiger partial charge in [-0.25, -0.2) is 0 Å². The molecule has 4 rings (SSSR count). The predicted molar refractivity (Wildman–Crippen MR) is 105 cm³/mol. The lowest BCUT2D eigenvalue weighted by Crippen LogP contribution is -1.75. The average Bonchev–Trinajstić information content (AvgIpc) is 2.82. The molecule has 3 heteroatoms. The highest BCUT2D eigenvalue weighted by Crippen LogP contribution is 2.56. The Kier molecular flexibility index (Phi) is 3.65. The summed E-state index contributed by atoms with van der Waals surface area (Å²) < 4.78 is 0. The van der Waals surface area contributed by atoms with Crippen molar-refractivity contribution < 1.29 is 0 Å². The summed E-state index contributed by atoms with van der Waals surface area (Å²) in [6.07, 6.45) is 0. The molecular formula is C20H15Cl2P. The van der Waals surface area contributed by atoms with Crippen LogP contribution < -0.4 is 0 Å². The summed E-state index contributed by atoms with van der Waals surface area (Å²) in [7, 11) is -0.546. The van der Waals surface area contributed by atoms with Crippen LogP contribution in [0.25, 0.3) is 26.3 Å². The van der Waals surface area contributed by atoms with Crippen LogP contribution in [0, 0.1) is 13.8 Å². The van der Waals surface area contributed by atoms with Crippen LogP contribution in [0.15, 0.2) is 54.6 Å². The number of halogens is 2. The van der Waals surface area contributed by atoms with E-state index in [1.165, 1.54) is 26.3 Å². The SMILES string of the molecule is Cc1cc2c(cc1Cl)c1cc(Cl)c(C)cc1p2-c1ccccc1. The van der Waals surface area contributed by atoms with E-state index in [2.05, 4.69) is 68.4 Å². The highest BCUT2D eigenvalue weighted by Gasteiger charge is 2.16. The number of fused-ring (bicyclic) bond motifs is 3. The molecule has 4 aromatic rings. The highest BCUT2D eigenvalue weighted by molar-refractivity contribution is 7.67. The Morgan fingerprint density at radius 2 is 1.17 bits per heavy atom. The summed E-state index contributed by atoms with van der Waals surface area (Å²) >= 11 is 12.8. The van der Waals surface area contributed by atoms with Gasteiger partial charge < -0.3 is 0 Å². The molecule has 0 unspecified atom stereocenters. The maximum Gasteiger partial charge on any atom is 0.0442 e. The van der Waals surface area contributed by atoms with Crippen LogP contribution in [0.1, 0.15) is 11.1 Å². The molecule has 1 aromatic heterocycles. The third-order valence-corrected chi connectivity index (χ3v) is 7.67. The van der Waals surface area contributed by atoms with Crippen LogP contribution in [0.2, 0.25) is 10.0 Å². The van der Waals surface area contributed by atoms with Crippen LogP contribution in [0.3, 0.4) is 0 Å². The minimum atomic E-state index is -0.546. The predicted octanol–water partition coefficient (Wildman–Crippen LogP) is 7.89. The molecule has 3 aromatic carbocycles. The topological polar surface area (TPSA) is 0 Å². The van der Waals surface area contributed by atoms with E-state index in [0.717, 1.165) is 21.2 Å². The normalized spacial score (nSPS) is 11.5. The minimum Gasteiger partial charge on any atom is -0.0840 e. The molecule has 1 heterocycles. The van der Waals surface area contributed by atoms with Crippen LogP contribution in [0.5, 0.6) is 0 Å². The first-order valence-corrected chi connectivity index (χ1v) is 9.62. The molecule has 0 spiro atoms. The summed E-state index contributed by atoms with van der Waals surface area (Å²) in [5, 5.41) is 8.22. The Morgan fingerprint density at radius 1 is 0.696 bits per heavy atom. The number of rotatable bonds is 1. The minimum absolute atomic E-state index is 0.546. The van der Waals surface area contributed by atoms with E-state index in [1.54, 1.807) is 0 Å². The molecule has 0 saturated carbocycles. The maximum atomic E-state index is 6.40. The summed E-state index contributed by atoms with van der Waals surface area (Å²) in [5.41, 5.74) is 2.26. The van der Waals surface area contributed by atoms with Gasteiger partial charge in [0.15, 0.2) is 0 Å². The lowest BCUT2D eigenvalue weighted by molar-refractivity contribution is 1.51. The first-order chi connectivity index (χ1) is 11.1. The molecule has 23 heavy (non-hydrogen) atoms. The lowest BCUT2D eigenvalue weighted by atomic mass is 10.1. The van der Waals surface area contributed by atoms with Gasteiger partial charge in [0.05, 0.1) is 0 Å². The van der Waals surface area contributed by atoms with Crippen molar-refractivity contribution in [2.45, 2.75) is 13.8 Å². The summed E-state index contributed by atoms with van der Waals surface area (Å²) in [6.45, 7) is 4.14. The van der Waals surface area contributed by atoms with E-state index in [9.17, 15) is 0 Å². The van der Waals surface area contributed by atoms with Crippen molar-refractivity contribution >= 4 is 51.7 Å². The van der Waals surface area contributed by atoms with Crippen LogP contribution in [-0.2, 0) is 0 Å². The van der Waals surface area contributed by atoms with Gasteiger partial charge in [0.25, 0.3) is 0 Å². The van der Waals surface area contributed by atoms with Gasteiger partial charge in [-0.1, -0.05) is 61.1 Å². The van der Waals surface area contributed by atoms with Gasteiger partial charge in [-0.2, -0.15) is 0 Å². The second-order valence-electron chi connectivity index (χ2n) is 5.91. The number of hydrogen-bond acceptors (Lipinski definition) is 0. The number of hydrogen-bond donors (Lipinski definition) is 0. The van der Waals surface area contributed by atoms with Gasteiger partial charge in [-0.05, 0) is 65.3 Å². The Hall–Kier alpha value is -1.46. The van der Waals surface area contributed by atoms with Crippen molar-refractivity contribution in [3.05, 3.63) is 75.8 Å². The van der Waals surface area contributed by atoms with E-state index in [4.69, 9.17) is 23.2 Å². The van der Waals surface area contributed by atoms with E-state index in [0.29, 0.717) is 0 Å². The summed E-state index contributed by atoms with van der Waals surface area (Å²) in [5.74, 6) is 0. The zero-order valence-electron chi connectivity index (χ0n) is 12.9. The summed E-state index contributed by atoms with van der Waals surface area (Å²) in [6, 6.07) is 19.4. The smallest absolute Gasteiger partial charge is 0.0442 e. The molecule has 0 atom stereocenters. The fraction of sp³-hybridized carbons (Fsp3) is 0.100. The molecule has 0 aliphatic heterocycles. The Balaban J connectivity index is 2.25. The zero-order valence-corrected chi connectivity index (χ0v) is 15.3. The summed E-state index contributed by atoms with van der Waals surface area (Å²) in [4.78, 5) is 0. The molecule has 0 radical (unpaired) electrons. The molecule has 0 amide bonds. The molecule has 0 aliphatic rings. The van der Waals surface area contributed by atoms with Gasteiger partial charge in [0.1, 0.15) is 0 Å². The van der Waals surface area contributed by atoms with Crippen LogP contribution in [-0.4, -0.2) is 0 Å². The number of aryl methyl sites for hydroxylation is 2. The first-order valence-electron chi connectivity index (χ1n) is 7.52. The van der Waals surface area contributed by atoms with Gasteiger partial charge in [0.2, 0.25) is 0 Å². The van der Waals surface area contributed by atoms with Gasteiger partial charge in [-0.15, -0.1) is 0 Å². The Bertz CT molecular complexity index is 981. The van der Waals surface area contributed by atoms with Gasteiger partial charge in [-0.3, -0.25) is 0 Å². The molecule has 0 nitrogen and oxygen atoms in total. The van der Waals surface area contributed by atoms with E-state index in [1.807, 2.05) is 0 Å². The third-order valence-electron chi connectivity index (χ3n) is 4.34. The maximum absolute atomic E-state index is 6.40. The van der Waals surface area contributed by atoms with E-state index in [-0.39, 0.29) is 0 Å². The largest absolute Gasteiger partial charge is 0.0840 e. The van der Waals surface area contributed by atoms with Crippen LogP contribution in [0.4, 0.5) is 0 Å². The second-order valence-corrected chi connectivity index (χ2v) is 8.87. The average molecular weight is 357 g/mol. The van der Waals surface area contributed by atoms with Crippen molar-refractivity contribution in [3.8, 4) is 5.30 Å².